The molecular weight excluding hydrogens is 348 g/mol. The molecule has 0 heterocycles. The number of hydrogen-bond donors (Lipinski definition) is 3. The predicted octanol–water partition coefficient (Wildman–Crippen LogP) is 2.06. The van der Waals surface area contributed by atoms with E-state index in [0.29, 0.717) is 17.2 Å². The Morgan fingerprint density at radius 2 is 1.81 bits per heavy atom. The van der Waals surface area contributed by atoms with Crippen LogP contribution in [0.5, 0.6) is 11.5 Å². The van der Waals surface area contributed by atoms with Gasteiger partial charge in [-0.3, -0.25) is 9.59 Å². The Labute approximate surface area is 156 Å². The second-order valence-corrected chi connectivity index (χ2v) is 5.25. The molecule has 0 saturated heterocycles. The average molecular weight is 366 g/mol. The number of benzene rings is 2. The second-order valence-electron chi connectivity index (χ2n) is 5.25. The van der Waals surface area contributed by atoms with Gasteiger partial charge in [-0.1, -0.05) is 12.1 Å². The van der Waals surface area contributed by atoms with Gasteiger partial charge in [-0.2, -0.15) is 5.26 Å². The van der Waals surface area contributed by atoms with Gasteiger partial charge in [0.2, 0.25) is 0 Å². The smallest absolute Gasteiger partial charge is 0.267 e. The van der Waals surface area contributed by atoms with E-state index in [0.717, 1.165) is 6.20 Å². The summed E-state index contributed by atoms with van der Waals surface area (Å²) in [4.78, 5) is 24.4. The first-order valence-electron chi connectivity index (χ1n) is 7.79. The van der Waals surface area contributed by atoms with Gasteiger partial charge in [-0.05, 0) is 24.3 Å². The van der Waals surface area contributed by atoms with Crippen LogP contribution in [0.2, 0.25) is 0 Å². The lowest BCUT2D eigenvalue weighted by Crippen LogP contribution is -2.22. The van der Waals surface area contributed by atoms with Crippen LogP contribution < -0.4 is 25.8 Å². The molecule has 0 atom stereocenters. The molecule has 0 radical (unpaired) electrons. The number of nitrogens with zero attached hydrogens (tertiary/aromatic N) is 1. The third-order valence-corrected chi connectivity index (χ3v) is 3.56. The van der Waals surface area contributed by atoms with Gasteiger partial charge >= 0.3 is 0 Å². The van der Waals surface area contributed by atoms with Gasteiger partial charge in [0.15, 0.2) is 11.5 Å². The van der Waals surface area contributed by atoms with E-state index in [1.54, 1.807) is 42.5 Å². The maximum atomic E-state index is 12.3. The lowest BCUT2D eigenvalue weighted by atomic mass is 10.1. The van der Waals surface area contributed by atoms with Crippen molar-refractivity contribution in [3.05, 3.63) is 59.8 Å². The first-order chi connectivity index (χ1) is 13.0. The summed E-state index contributed by atoms with van der Waals surface area (Å²) in [6.07, 6.45) is 1.03. The van der Waals surface area contributed by atoms with E-state index in [-0.39, 0.29) is 16.8 Å². The molecule has 8 nitrogen and oxygen atoms in total. The van der Waals surface area contributed by atoms with Crippen LogP contribution in [-0.4, -0.2) is 26.0 Å². The Morgan fingerprint density at radius 3 is 2.44 bits per heavy atom. The number of anilines is 2. The lowest BCUT2D eigenvalue weighted by molar-refractivity contribution is -0.112. The summed E-state index contributed by atoms with van der Waals surface area (Å²) < 4.78 is 10.3. The number of nitrogens with one attached hydrogen (secondary N) is 2. The summed E-state index contributed by atoms with van der Waals surface area (Å²) in [6.45, 7) is 0. The standard InChI is InChI=1S/C19H18N4O4/c1-26-16-8-7-13(9-17(16)27-2)23-18(24)12(10-20)11-22-19(25)14-5-3-4-6-15(14)21/h3-9,11H,21H2,1-2H3,(H,22,25)(H,23,24)/b12-11-. The highest BCUT2D eigenvalue weighted by molar-refractivity contribution is 6.07. The van der Waals surface area contributed by atoms with Crippen LogP contribution in [0.25, 0.3) is 0 Å². The highest BCUT2D eigenvalue weighted by Crippen LogP contribution is 2.29. The molecule has 0 aliphatic heterocycles. The van der Waals surface area contributed by atoms with Crippen molar-refractivity contribution >= 4 is 23.2 Å². The molecule has 0 aromatic heterocycles. The maximum absolute atomic E-state index is 12.3. The summed E-state index contributed by atoms with van der Waals surface area (Å²) in [5.74, 6) is -0.296. The SMILES string of the molecule is COc1ccc(NC(=O)/C(C#N)=C\NC(=O)c2ccccc2N)cc1OC. The summed E-state index contributed by atoms with van der Waals surface area (Å²) in [5.41, 5.74) is 6.37. The highest BCUT2D eigenvalue weighted by Gasteiger charge is 2.13. The number of nitrogen functional groups attached to an aromatic ring is 1. The first-order valence-corrected chi connectivity index (χ1v) is 7.79. The number of nitriles is 1. The summed E-state index contributed by atoms with van der Waals surface area (Å²) in [5, 5.41) is 14.1. The minimum atomic E-state index is -0.689. The molecule has 138 valence electrons. The molecule has 0 saturated carbocycles. The third-order valence-electron chi connectivity index (χ3n) is 3.56. The topological polar surface area (TPSA) is 126 Å². The number of amides is 2. The van der Waals surface area contributed by atoms with Gasteiger partial charge in [0.05, 0.1) is 19.8 Å². The minimum Gasteiger partial charge on any atom is -0.493 e. The van der Waals surface area contributed by atoms with E-state index in [1.165, 1.54) is 20.3 Å². The molecular formula is C19H18N4O4. The first kappa shape index (κ1) is 19.3. The van der Waals surface area contributed by atoms with Gasteiger partial charge in [-0.25, -0.2) is 0 Å². The van der Waals surface area contributed by atoms with Crippen molar-refractivity contribution in [2.45, 2.75) is 0 Å². The van der Waals surface area contributed by atoms with E-state index >= 15 is 0 Å². The molecule has 0 aliphatic carbocycles. The van der Waals surface area contributed by atoms with Crippen molar-refractivity contribution in [1.29, 1.82) is 5.26 Å². The third kappa shape index (κ3) is 4.76. The van der Waals surface area contributed by atoms with Gasteiger partial charge < -0.3 is 25.8 Å². The summed E-state index contributed by atoms with van der Waals surface area (Å²) in [7, 11) is 2.96. The molecule has 0 fully saturated rings. The molecule has 4 N–H and O–H groups in total. The molecule has 2 aromatic rings. The molecule has 2 rings (SSSR count). The highest BCUT2D eigenvalue weighted by atomic mass is 16.5. The molecule has 0 unspecified atom stereocenters. The fourth-order valence-electron chi connectivity index (χ4n) is 2.18. The van der Waals surface area contributed by atoms with Crippen LogP contribution >= 0.6 is 0 Å². The van der Waals surface area contributed by atoms with E-state index in [9.17, 15) is 14.9 Å². The largest absolute Gasteiger partial charge is 0.493 e. The number of carbonyl (C=O) groups is 2. The Kier molecular flexibility index (Phi) is 6.39. The average Bonchev–Trinajstić information content (AvgIpc) is 2.68. The molecule has 2 aromatic carbocycles. The normalized spacial score (nSPS) is 10.5. The zero-order chi connectivity index (χ0) is 19.8. The van der Waals surface area contributed by atoms with Crippen molar-refractivity contribution in [3.8, 4) is 17.6 Å². The fourth-order valence-corrected chi connectivity index (χ4v) is 2.18. The number of rotatable bonds is 6. The van der Waals surface area contributed by atoms with Gasteiger partial charge in [0, 0.05) is 23.6 Å². The number of hydrogen-bond acceptors (Lipinski definition) is 6. The Morgan fingerprint density at radius 1 is 1.11 bits per heavy atom. The van der Waals surface area contributed by atoms with Crippen molar-refractivity contribution in [1.82, 2.24) is 5.32 Å². The number of para-hydroxylation sites is 1. The van der Waals surface area contributed by atoms with Crippen LogP contribution in [0.15, 0.2) is 54.2 Å². The summed E-state index contributed by atoms with van der Waals surface area (Å²) in [6, 6.07) is 13.0. The van der Waals surface area contributed by atoms with Gasteiger partial charge in [0.25, 0.3) is 11.8 Å². The van der Waals surface area contributed by atoms with Crippen LogP contribution in [0.4, 0.5) is 11.4 Å². The quantitative estimate of drug-likeness (QED) is 0.408. The van der Waals surface area contributed by atoms with Gasteiger partial charge in [-0.15, -0.1) is 0 Å². The van der Waals surface area contributed by atoms with Gasteiger partial charge in [0.1, 0.15) is 11.6 Å². The number of methoxy groups -OCH3 is 2. The van der Waals surface area contributed by atoms with Crippen LogP contribution in [0.3, 0.4) is 0 Å². The fraction of sp³-hybridized carbons (Fsp3) is 0.105. The van der Waals surface area contributed by atoms with Crippen molar-refractivity contribution in [2.24, 2.45) is 0 Å². The molecule has 27 heavy (non-hydrogen) atoms. The van der Waals surface area contributed by atoms with Crippen LogP contribution in [0.1, 0.15) is 10.4 Å². The van der Waals surface area contributed by atoms with E-state index in [4.69, 9.17) is 15.2 Å². The zero-order valence-corrected chi connectivity index (χ0v) is 14.8. The zero-order valence-electron chi connectivity index (χ0n) is 14.8. The molecule has 0 bridgehead atoms. The molecule has 2 amide bonds. The maximum Gasteiger partial charge on any atom is 0.267 e. The van der Waals surface area contributed by atoms with Crippen LogP contribution in [-0.2, 0) is 4.79 Å². The van der Waals surface area contributed by atoms with Crippen molar-refractivity contribution < 1.29 is 19.1 Å². The molecule has 0 aliphatic rings. The lowest BCUT2D eigenvalue weighted by Gasteiger charge is -2.10. The number of carbonyl (C=O) groups excluding carboxylic acids is 2. The van der Waals surface area contributed by atoms with E-state index < -0.39 is 11.8 Å². The Hall–Kier alpha value is -3.99. The second kappa shape index (κ2) is 8.92. The number of ether oxygens (including phenoxy) is 2. The number of nitrogens with two attached hydrogens (primary N) is 1. The monoisotopic (exact) mass is 366 g/mol. The van der Waals surface area contributed by atoms with E-state index in [2.05, 4.69) is 10.6 Å². The Bertz CT molecular complexity index is 932. The minimum absolute atomic E-state index is 0.242. The molecule has 0 spiro atoms. The Balaban J connectivity index is 2.12. The molecule has 8 heteroatoms. The van der Waals surface area contributed by atoms with Crippen molar-refractivity contribution in [3.63, 3.8) is 0 Å². The predicted molar refractivity (Wildman–Crippen MR) is 100 cm³/mol. The van der Waals surface area contributed by atoms with Crippen molar-refractivity contribution in [2.75, 3.05) is 25.3 Å². The van der Waals surface area contributed by atoms with Crippen LogP contribution in [0, 0.1) is 11.3 Å². The summed E-state index contributed by atoms with van der Waals surface area (Å²) >= 11 is 0. The van der Waals surface area contributed by atoms with E-state index in [1.807, 2.05) is 0 Å².